The van der Waals surface area contributed by atoms with Gasteiger partial charge in [-0.15, -0.1) is 0 Å². The van der Waals surface area contributed by atoms with Crippen molar-refractivity contribution in [3.8, 4) is 23.3 Å². The second-order valence-corrected chi connectivity index (χ2v) is 9.12. The Bertz CT molecular complexity index is 1230. The molecular formula is C27H30ClN5O4. The standard InChI is InChI=1S/C27H30ClN5O4/c1-20-26(19-30-33(20)24-8-5-22(28)6-9-24)37-27(34)31-23-7-10-25(21(17-23)18-29)36-14-4-2-3-11-32-12-15-35-16-13-32/h5-10,17,19H,2-4,11-16H2,1H3,(H,31,34). The number of ether oxygens (including phenoxy) is 3. The first-order valence-corrected chi connectivity index (χ1v) is 12.7. The van der Waals surface area contributed by atoms with Gasteiger partial charge >= 0.3 is 6.09 Å². The minimum Gasteiger partial charge on any atom is -0.492 e. The van der Waals surface area contributed by atoms with Crippen molar-refractivity contribution in [2.45, 2.75) is 26.2 Å². The second kappa shape index (κ2) is 13.1. The van der Waals surface area contributed by atoms with Gasteiger partial charge in [0, 0.05) is 23.8 Å². The highest BCUT2D eigenvalue weighted by atomic mass is 35.5. The highest BCUT2D eigenvalue weighted by Gasteiger charge is 2.15. The Balaban J connectivity index is 1.25. The molecule has 2 aromatic carbocycles. The number of hydrogen-bond acceptors (Lipinski definition) is 7. The molecule has 1 aliphatic rings. The Hall–Kier alpha value is -3.58. The molecule has 3 aromatic rings. The summed E-state index contributed by atoms with van der Waals surface area (Å²) in [6.07, 6.45) is 3.86. The van der Waals surface area contributed by atoms with Crippen molar-refractivity contribution in [3.63, 3.8) is 0 Å². The Morgan fingerprint density at radius 3 is 2.68 bits per heavy atom. The number of nitriles is 1. The molecule has 10 heteroatoms. The summed E-state index contributed by atoms with van der Waals surface area (Å²) in [6.45, 7) is 7.04. The van der Waals surface area contributed by atoms with E-state index in [1.54, 1.807) is 41.9 Å². The normalized spacial score (nSPS) is 13.6. The summed E-state index contributed by atoms with van der Waals surface area (Å²) in [5, 5.41) is 17.1. The molecule has 1 saturated heterocycles. The third-order valence-corrected chi connectivity index (χ3v) is 6.32. The molecule has 0 aliphatic carbocycles. The quantitative estimate of drug-likeness (QED) is 0.364. The first-order valence-electron chi connectivity index (χ1n) is 12.3. The van der Waals surface area contributed by atoms with Crippen LogP contribution in [0.4, 0.5) is 10.5 Å². The van der Waals surface area contributed by atoms with Gasteiger partial charge in [-0.2, -0.15) is 10.4 Å². The van der Waals surface area contributed by atoms with Crippen molar-refractivity contribution in [1.29, 1.82) is 5.26 Å². The van der Waals surface area contributed by atoms with Crippen molar-refractivity contribution in [2.24, 2.45) is 0 Å². The molecule has 9 nitrogen and oxygen atoms in total. The lowest BCUT2D eigenvalue weighted by Gasteiger charge is -2.26. The van der Waals surface area contributed by atoms with Crippen molar-refractivity contribution >= 4 is 23.4 Å². The fourth-order valence-electron chi connectivity index (χ4n) is 4.02. The average molecular weight is 524 g/mol. The molecule has 1 N–H and O–H groups in total. The molecule has 1 aromatic heterocycles. The van der Waals surface area contributed by atoms with E-state index in [1.165, 1.54) is 6.20 Å². The van der Waals surface area contributed by atoms with E-state index >= 15 is 0 Å². The van der Waals surface area contributed by atoms with Crippen LogP contribution in [0.1, 0.15) is 30.5 Å². The molecule has 0 spiro atoms. The zero-order valence-corrected chi connectivity index (χ0v) is 21.5. The fourth-order valence-corrected chi connectivity index (χ4v) is 4.15. The fraction of sp³-hybridized carbons (Fsp3) is 0.370. The average Bonchev–Trinajstić information content (AvgIpc) is 3.27. The maximum atomic E-state index is 12.5. The zero-order valence-electron chi connectivity index (χ0n) is 20.8. The van der Waals surface area contributed by atoms with Crippen LogP contribution < -0.4 is 14.8 Å². The van der Waals surface area contributed by atoms with Gasteiger partial charge in [-0.25, -0.2) is 9.48 Å². The zero-order chi connectivity index (χ0) is 26.0. The largest absolute Gasteiger partial charge is 0.492 e. The van der Waals surface area contributed by atoms with Crippen molar-refractivity contribution in [1.82, 2.24) is 14.7 Å². The van der Waals surface area contributed by atoms with Gasteiger partial charge in [0.1, 0.15) is 11.8 Å². The predicted molar refractivity (Wildman–Crippen MR) is 141 cm³/mol. The summed E-state index contributed by atoms with van der Waals surface area (Å²) < 4.78 is 18.3. The van der Waals surface area contributed by atoms with E-state index in [0.29, 0.717) is 40.1 Å². The maximum absolute atomic E-state index is 12.5. The number of anilines is 1. The van der Waals surface area contributed by atoms with Crippen LogP contribution >= 0.6 is 11.6 Å². The van der Waals surface area contributed by atoms with Crippen LogP contribution in [0.5, 0.6) is 11.5 Å². The van der Waals surface area contributed by atoms with Crippen molar-refractivity contribution < 1.29 is 19.0 Å². The van der Waals surface area contributed by atoms with Gasteiger partial charge in [0.25, 0.3) is 0 Å². The number of halogens is 1. The summed E-state index contributed by atoms with van der Waals surface area (Å²) in [5.74, 6) is 0.816. The van der Waals surface area contributed by atoms with Crippen LogP contribution in [0.15, 0.2) is 48.7 Å². The number of benzene rings is 2. The van der Waals surface area contributed by atoms with Crippen LogP contribution in [0.25, 0.3) is 5.69 Å². The number of aromatic nitrogens is 2. The van der Waals surface area contributed by atoms with E-state index in [-0.39, 0.29) is 0 Å². The molecule has 1 fully saturated rings. The Labute approximate surface area is 221 Å². The molecule has 2 heterocycles. The minimum atomic E-state index is -0.684. The molecule has 1 aliphatic heterocycles. The molecule has 4 rings (SSSR count). The Morgan fingerprint density at radius 2 is 1.92 bits per heavy atom. The van der Waals surface area contributed by atoms with Gasteiger partial charge in [-0.3, -0.25) is 10.2 Å². The molecule has 0 unspecified atom stereocenters. The number of unbranched alkanes of at least 4 members (excludes halogenated alkanes) is 2. The molecule has 1 amide bonds. The molecule has 37 heavy (non-hydrogen) atoms. The van der Waals surface area contributed by atoms with Gasteiger partial charge in [-0.05, 0) is 75.2 Å². The molecule has 0 saturated carbocycles. The topological polar surface area (TPSA) is 102 Å². The van der Waals surface area contributed by atoms with Gasteiger partial charge in [0.2, 0.25) is 0 Å². The Morgan fingerprint density at radius 1 is 1.14 bits per heavy atom. The van der Waals surface area contributed by atoms with Crippen LogP contribution in [0.2, 0.25) is 5.02 Å². The molecule has 0 bridgehead atoms. The van der Waals surface area contributed by atoms with E-state index in [4.69, 9.17) is 25.8 Å². The van der Waals surface area contributed by atoms with Gasteiger partial charge < -0.3 is 14.2 Å². The number of morpholine rings is 1. The summed E-state index contributed by atoms with van der Waals surface area (Å²) in [5.41, 5.74) is 2.23. The third-order valence-electron chi connectivity index (χ3n) is 6.06. The highest BCUT2D eigenvalue weighted by molar-refractivity contribution is 6.30. The summed E-state index contributed by atoms with van der Waals surface area (Å²) >= 11 is 5.95. The molecule has 194 valence electrons. The van der Waals surface area contributed by atoms with Crippen molar-refractivity contribution in [3.05, 3.63) is 64.9 Å². The number of nitrogens with zero attached hydrogens (tertiary/aromatic N) is 4. The highest BCUT2D eigenvalue weighted by Crippen LogP contribution is 2.25. The first-order chi connectivity index (χ1) is 18.0. The van der Waals surface area contributed by atoms with Crippen LogP contribution in [0.3, 0.4) is 0 Å². The van der Waals surface area contributed by atoms with E-state index in [0.717, 1.165) is 57.8 Å². The number of amides is 1. The molecule has 0 atom stereocenters. The van der Waals surface area contributed by atoms with E-state index in [2.05, 4.69) is 21.4 Å². The van der Waals surface area contributed by atoms with E-state index in [9.17, 15) is 10.1 Å². The number of hydrogen-bond donors (Lipinski definition) is 1. The van der Waals surface area contributed by atoms with Gasteiger partial charge in [0.05, 0.1) is 43.0 Å². The SMILES string of the molecule is Cc1c(OC(=O)Nc2ccc(OCCCCCN3CCOCC3)c(C#N)c2)cnn1-c1ccc(Cl)cc1. The smallest absolute Gasteiger partial charge is 0.417 e. The number of rotatable bonds is 10. The Kier molecular flexibility index (Phi) is 9.38. The predicted octanol–water partition coefficient (Wildman–Crippen LogP) is 5.20. The lowest BCUT2D eigenvalue weighted by molar-refractivity contribution is 0.0370. The summed E-state index contributed by atoms with van der Waals surface area (Å²) in [7, 11) is 0. The van der Waals surface area contributed by atoms with E-state index in [1.807, 2.05) is 12.1 Å². The van der Waals surface area contributed by atoms with Crippen LogP contribution in [-0.4, -0.2) is 60.2 Å². The van der Waals surface area contributed by atoms with Crippen LogP contribution in [0, 0.1) is 18.3 Å². The maximum Gasteiger partial charge on any atom is 0.417 e. The first kappa shape index (κ1) is 26.5. The summed E-state index contributed by atoms with van der Waals surface area (Å²) in [6, 6.07) is 14.2. The molecular weight excluding hydrogens is 494 g/mol. The number of carbonyl (C=O) groups is 1. The van der Waals surface area contributed by atoms with Crippen molar-refractivity contribution in [2.75, 3.05) is 44.8 Å². The van der Waals surface area contributed by atoms with E-state index < -0.39 is 6.09 Å². The number of nitrogens with one attached hydrogen (secondary N) is 1. The number of carbonyl (C=O) groups excluding carboxylic acids is 1. The van der Waals surface area contributed by atoms with Gasteiger partial charge in [-0.1, -0.05) is 11.6 Å². The lowest BCUT2D eigenvalue weighted by Crippen LogP contribution is -2.36. The minimum absolute atomic E-state index is 0.321. The lowest BCUT2D eigenvalue weighted by atomic mass is 10.2. The monoisotopic (exact) mass is 523 g/mol. The second-order valence-electron chi connectivity index (χ2n) is 8.68. The van der Waals surface area contributed by atoms with Gasteiger partial charge in [0.15, 0.2) is 5.75 Å². The molecule has 0 radical (unpaired) electrons. The van der Waals surface area contributed by atoms with Crippen LogP contribution in [-0.2, 0) is 4.74 Å². The third kappa shape index (κ3) is 7.46. The summed E-state index contributed by atoms with van der Waals surface area (Å²) in [4.78, 5) is 14.9.